The van der Waals surface area contributed by atoms with Crippen LogP contribution in [-0.2, 0) is 0 Å². The Bertz CT molecular complexity index is 1030. The van der Waals surface area contributed by atoms with Crippen molar-refractivity contribution >= 4 is 22.7 Å². The number of ether oxygens (including phenoxy) is 1. The quantitative estimate of drug-likeness (QED) is 0.689. The topological polar surface area (TPSA) is 68.8 Å². The van der Waals surface area contributed by atoms with Crippen LogP contribution in [0.1, 0.15) is 11.1 Å². The van der Waals surface area contributed by atoms with Gasteiger partial charge in [0.05, 0.1) is 18.4 Å². The number of rotatable bonds is 4. The average molecular weight is 367 g/mol. The highest BCUT2D eigenvalue weighted by atomic mass is 32.1. The van der Waals surface area contributed by atoms with Crippen LogP contribution in [0.5, 0.6) is 5.75 Å². The summed E-state index contributed by atoms with van der Waals surface area (Å²) in [7, 11) is 1.52. The summed E-state index contributed by atoms with van der Waals surface area (Å²) in [6, 6.07) is 13.1. The third-order valence-electron chi connectivity index (χ3n) is 3.73. The second-order valence-corrected chi connectivity index (χ2v) is 6.13. The van der Waals surface area contributed by atoms with E-state index < -0.39 is 22.8 Å². The molecule has 0 saturated carbocycles. The molecule has 0 amide bonds. The van der Waals surface area contributed by atoms with Gasteiger partial charge in [0.25, 0.3) is 0 Å². The molecular weight excluding hydrogens is 356 g/mol. The van der Waals surface area contributed by atoms with Gasteiger partial charge in [-0.25, -0.2) is 8.78 Å². The van der Waals surface area contributed by atoms with Crippen molar-refractivity contribution in [1.82, 2.24) is 0 Å². The number of hydrogen-bond acceptors (Lipinski definition) is 5. The monoisotopic (exact) mass is 367 g/mol. The van der Waals surface area contributed by atoms with Crippen molar-refractivity contribution in [2.45, 2.75) is 0 Å². The number of methoxy groups -OCH3 is 1. The van der Waals surface area contributed by atoms with E-state index in [0.29, 0.717) is 16.3 Å². The van der Waals surface area contributed by atoms with Gasteiger partial charge in [-0.2, -0.15) is 10.5 Å². The minimum atomic E-state index is -0.968. The molecule has 0 aliphatic rings. The van der Waals surface area contributed by atoms with Gasteiger partial charge in [0.1, 0.15) is 29.0 Å². The zero-order valence-electron chi connectivity index (χ0n) is 13.5. The SMILES string of the molecule is COc1ccc(Nc2c(F)c(C#N)c(C#N)c(F)c2-c2cccs2)cc1. The van der Waals surface area contributed by atoms with Crippen molar-refractivity contribution in [3.8, 4) is 28.3 Å². The third-order valence-corrected chi connectivity index (χ3v) is 4.62. The smallest absolute Gasteiger partial charge is 0.166 e. The van der Waals surface area contributed by atoms with E-state index in [1.165, 1.54) is 18.4 Å². The lowest BCUT2D eigenvalue weighted by Gasteiger charge is -2.16. The van der Waals surface area contributed by atoms with Crippen LogP contribution in [0.2, 0.25) is 0 Å². The summed E-state index contributed by atoms with van der Waals surface area (Å²) in [5.41, 5.74) is -1.01. The molecule has 128 valence electrons. The van der Waals surface area contributed by atoms with E-state index in [1.54, 1.807) is 53.9 Å². The maximum atomic E-state index is 15.0. The molecule has 3 rings (SSSR count). The minimum absolute atomic E-state index is 0.0798. The van der Waals surface area contributed by atoms with E-state index in [2.05, 4.69) is 5.32 Å². The average Bonchev–Trinajstić information content (AvgIpc) is 3.19. The molecule has 0 fully saturated rings. The molecular formula is C19H11F2N3OS. The number of nitrogens with one attached hydrogen (secondary N) is 1. The first-order valence-corrected chi connectivity index (χ1v) is 8.28. The zero-order valence-corrected chi connectivity index (χ0v) is 14.3. The summed E-state index contributed by atoms with van der Waals surface area (Å²) < 4.78 is 35.0. The molecule has 0 spiro atoms. The molecule has 1 aromatic heterocycles. The van der Waals surface area contributed by atoms with Gasteiger partial charge in [0, 0.05) is 10.6 Å². The molecule has 0 radical (unpaired) electrons. The second-order valence-electron chi connectivity index (χ2n) is 5.18. The Morgan fingerprint density at radius 1 is 1.00 bits per heavy atom. The lowest BCUT2D eigenvalue weighted by atomic mass is 9.99. The predicted octanol–water partition coefficient (Wildman–Crippen LogP) is 5.19. The van der Waals surface area contributed by atoms with Crippen LogP contribution >= 0.6 is 11.3 Å². The lowest BCUT2D eigenvalue weighted by Crippen LogP contribution is -2.05. The fourth-order valence-corrected chi connectivity index (χ4v) is 3.26. The molecule has 2 aromatic carbocycles. The van der Waals surface area contributed by atoms with Gasteiger partial charge in [0.15, 0.2) is 11.6 Å². The Morgan fingerprint density at radius 2 is 1.65 bits per heavy atom. The van der Waals surface area contributed by atoms with Gasteiger partial charge in [-0.15, -0.1) is 11.3 Å². The number of nitrogens with zero attached hydrogens (tertiary/aromatic N) is 2. The van der Waals surface area contributed by atoms with Crippen molar-refractivity contribution in [3.63, 3.8) is 0 Å². The van der Waals surface area contributed by atoms with Crippen LogP contribution in [-0.4, -0.2) is 7.11 Å². The zero-order chi connectivity index (χ0) is 18.7. The van der Waals surface area contributed by atoms with Crippen molar-refractivity contribution in [1.29, 1.82) is 10.5 Å². The summed E-state index contributed by atoms with van der Waals surface area (Å²) in [4.78, 5) is 0.443. The highest BCUT2D eigenvalue weighted by molar-refractivity contribution is 7.13. The number of thiophene rings is 1. The van der Waals surface area contributed by atoms with Crippen LogP contribution in [0.4, 0.5) is 20.2 Å². The number of anilines is 2. The molecule has 0 saturated heterocycles. The summed E-state index contributed by atoms with van der Waals surface area (Å²) >= 11 is 1.20. The van der Waals surface area contributed by atoms with Gasteiger partial charge < -0.3 is 10.1 Å². The molecule has 0 unspecified atom stereocenters. The van der Waals surface area contributed by atoms with Crippen molar-refractivity contribution in [3.05, 3.63) is 64.5 Å². The molecule has 4 nitrogen and oxygen atoms in total. The fraction of sp³-hybridized carbons (Fsp3) is 0.0526. The summed E-state index contributed by atoms with van der Waals surface area (Å²) in [6.07, 6.45) is 0. The van der Waals surface area contributed by atoms with Gasteiger partial charge in [0.2, 0.25) is 0 Å². The standard InChI is InChI=1S/C19H11F2N3OS/c1-25-12-6-4-11(5-7-12)24-19-16(15-3-2-8-26-15)17(20)13(9-22)14(10-23)18(19)21/h2-8,24H,1H3. The maximum absolute atomic E-state index is 15.0. The molecule has 0 aliphatic heterocycles. The Labute approximate surface area is 152 Å². The first-order chi connectivity index (χ1) is 12.6. The van der Waals surface area contributed by atoms with Crippen LogP contribution in [0.25, 0.3) is 10.4 Å². The van der Waals surface area contributed by atoms with Crippen LogP contribution in [0.15, 0.2) is 41.8 Å². The third kappa shape index (κ3) is 2.97. The number of benzene rings is 2. The molecule has 0 aliphatic carbocycles. The normalized spacial score (nSPS) is 10.0. The molecule has 1 heterocycles. The van der Waals surface area contributed by atoms with Crippen molar-refractivity contribution < 1.29 is 13.5 Å². The van der Waals surface area contributed by atoms with E-state index in [4.69, 9.17) is 4.74 Å². The number of nitriles is 2. The van der Waals surface area contributed by atoms with E-state index >= 15 is 0 Å². The Kier molecular flexibility index (Phi) is 4.83. The largest absolute Gasteiger partial charge is 0.497 e. The van der Waals surface area contributed by atoms with E-state index in [0.717, 1.165) is 0 Å². The molecule has 26 heavy (non-hydrogen) atoms. The first kappa shape index (κ1) is 17.4. The molecule has 0 bridgehead atoms. The molecule has 3 aromatic rings. The number of halogens is 2. The Balaban J connectivity index is 2.23. The minimum Gasteiger partial charge on any atom is -0.497 e. The summed E-state index contributed by atoms with van der Waals surface area (Å²) in [5, 5.41) is 22.9. The van der Waals surface area contributed by atoms with Crippen LogP contribution in [0, 0.1) is 34.3 Å². The maximum Gasteiger partial charge on any atom is 0.166 e. The lowest BCUT2D eigenvalue weighted by molar-refractivity contribution is 0.415. The van der Waals surface area contributed by atoms with Gasteiger partial charge >= 0.3 is 0 Å². The van der Waals surface area contributed by atoms with Crippen molar-refractivity contribution in [2.75, 3.05) is 12.4 Å². The van der Waals surface area contributed by atoms with Crippen LogP contribution < -0.4 is 10.1 Å². The molecule has 1 N–H and O–H groups in total. The Morgan fingerprint density at radius 3 is 2.19 bits per heavy atom. The van der Waals surface area contributed by atoms with Crippen LogP contribution in [0.3, 0.4) is 0 Å². The van der Waals surface area contributed by atoms with E-state index in [9.17, 15) is 19.3 Å². The van der Waals surface area contributed by atoms with Crippen molar-refractivity contribution in [2.24, 2.45) is 0 Å². The highest BCUT2D eigenvalue weighted by Gasteiger charge is 2.26. The van der Waals surface area contributed by atoms with E-state index in [1.807, 2.05) is 0 Å². The fourth-order valence-electron chi connectivity index (χ4n) is 2.49. The van der Waals surface area contributed by atoms with E-state index in [-0.39, 0.29) is 11.3 Å². The predicted molar refractivity (Wildman–Crippen MR) is 95.4 cm³/mol. The summed E-state index contributed by atoms with van der Waals surface area (Å²) in [6.45, 7) is 0. The highest BCUT2D eigenvalue weighted by Crippen LogP contribution is 2.40. The molecule has 0 atom stereocenters. The van der Waals surface area contributed by atoms with Gasteiger partial charge in [-0.1, -0.05) is 6.07 Å². The first-order valence-electron chi connectivity index (χ1n) is 7.40. The number of hydrogen-bond donors (Lipinski definition) is 1. The van der Waals surface area contributed by atoms with Gasteiger partial charge in [-0.05, 0) is 35.7 Å². The molecule has 7 heteroatoms. The Hall–Kier alpha value is -3.42. The second kappa shape index (κ2) is 7.22. The summed E-state index contributed by atoms with van der Waals surface area (Å²) in [5.74, 6) is -1.29. The van der Waals surface area contributed by atoms with Gasteiger partial charge in [-0.3, -0.25) is 0 Å².